The predicted molar refractivity (Wildman–Crippen MR) is 50.6 cm³/mol. The van der Waals surface area contributed by atoms with E-state index in [0.29, 0.717) is 11.0 Å². The molecule has 0 aliphatic carbocycles. The lowest BCUT2D eigenvalue weighted by atomic mass is 10.2. The molecule has 2 nitrogen and oxygen atoms in total. The van der Waals surface area contributed by atoms with Crippen molar-refractivity contribution in [3.8, 4) is 0 Å². The van der Waals surface area contributed by atoms with Crippen LogP contribution in [-0.2, 0) is 4.74 Å². The smallest absolute Gasteiger partial charge is 0.173 e. The summed E-state index contributed by atoms with van der Waals surface area (Å²) >= 11 is 5.57. The van der Waals surface area contributed by atoms with Crippen LogP contribution < -0.4 is 0 Å². The minimum Gasteiger partial charge on any atom is -0.376 e. The van der Waals surface area contributed by atoms with E-state index in [-0.39, 0.29) is 6.10 Å². The molecule has 0 aromatic rings. The molecule has 0 aromatic heterocycles. The van der Waals surface area contributed by atoms with E-state index in [9.17, 15) is 0 Å². The summed E-state index contributed by atoms with van der Waals surface area (Å²) in [5.41, 5.74) is 0. The monoisotopic (exact) mass is 213 g/mol. The zero-order valence-electron chi connectivity index (χ0n) is 5.93. The average Bonchev–Trinajstić information content (AvgIpc) is 2.52. The molecule has 64 valence electrons. The molecule has 0 N–H and O–H groups in total. The number of hydrogen-bond donors (Lipinski definition) is 0. The molecule has 1 aliphatic heterocycles. The standard InChI is InChI=1S/C6H9Cl2NOS/c7-6(11-8)9-4-5-2-1-3-10-5/h5H,1-4H2. The summed E-state index contributed by atoms with van der Waals surface area (Å²) in [6.07, 6.45) is 2.47. The normalized spacial score (nSPS) is 26.0. The van der Waals surface area contributed by atoms with E-state index >= 15 is 0 Å². The van der Waals surface area contributed by atoms with Gasteiger partial charge in [-0.2, -0.15) is 0 Å². The molecule has 1 heterocycles. The Kier molecular flexibility index (Phi) is 4.60. The highest BCUT2D eigenvalue weighted by Gasteiger charge is 2.14. The van der Waals surface area contributed by atoms with Gasteiger partial charge in [-0.1, -0.05) is 11.6 Å². The zero-order valence-corrected chi connectivity index (χ0v) is 8.25. The second-order valence-corrected chi connectivity index (χ2v) is 3.89. The van der Waals surface area contributed by atoms with Gasteiger partial charge in [-0.15, -0.1) is 0 Å². The molecule has 11 heavy (non-hydrogen) atoms. The van der Waals surface area contributed by atoms with Crippen molar-refractivity contribution in [3.63, 3.8) is 0 Å². The van der Waals surface area contributed by atoms with Crippen molar-refractivity contribution in [2.45, 2.75) is 18.9 Å². The first-order chi connectivity index (χ1) is 5.33. The molecular weight excluding hydrogens is 205 g/mol. The fourth-order valence-electron chi connectivity index (χ4n) is 0.986. The lowest BCUT2D eigenvalue weighted by Crippen LogP contribution is -2.09. The fraction of sp³-hybridized carbons (Fsp3) is 0.833. The number of hydrogen-bond acceptors (Lipinski definition) is 3. The minimum atomic E-state index is 0.257. The van der Waals surface area contributed by atoms with Crippen LogP contribution in [0.15, 0.2) is 4.99 Å². The largest absolute Gasteiger partial charge is 0.376 e. The zero-order chi connectivity index (χ0) is 8.10. The summed E-state index contributed by atoms with van der Waals surface area (Å²) in [4.78, 5) is 4.01. The molecule has 0 spiro atoms. The third kappa shape index (κ3) is 3.65. The molecule has 1 rings (SSSR count). The van der Waals surface area contributed by atoms with E-state index in [1.807, 2.05) is 0 Å². The van der Waals surface area contributed by atoms with Gasteiger partial charge in [0.1, 0.15) is 0 Å². The van der Waals surface area contributed by atoms with Crippen LogP contribution >= 0.6 is 33.3 Å². The first kappa shape index (κ1) is 9.65. The van der Waals surface area contributed by atoms with Crippen molar-refractivity contribution in [1.29, 1.82) is 0 Å². The van der Waals surface area contributed by atoms with Crippen LogP contribution in [0.5, 0.6) is 0 Å². The first-order valence-corrected chi connectivity index (χ1v) is 5.45. The van der Waals surface area contributed by atoms with E-state index in [1.165, 1.54) is 0 Å². The van der Waals surface area contributed by atoms with Gasteiger partial charge in [0.15, 0.2) is 4.50 Å². The highest BCUT2D eigenvalue weighted by Crippen LogP contribution is 2.16. The highest BCUT2D eigenvalue weighted by molar-refractivity contribution is 8.34. The van der Waals surface area contributed by atoms with E-state index in [1.54, 1.807) is 0 Å². The molecule has 1 fully saturated rings. The van der Waals surface area contributed by atoms with Gasteiger partial charge in [-0.25, -0.2) is 0 Å². The van der Waals surface area contributed by atoms with E-state index in [4.69, 9.17) is 27.0 Å². The molecule has 5 heteroatoms. The Morgan fingerprint density at radius 1 is 1.73 bits per heavy atom. The third-order valence-electron chi connectivity index (χ3n) is 1.51. The molecule has 0 saturated carbocycles. The van der Waals surface area contributed by atoms with E-state index in [0.717, 1.165) is 30.4 Å². The molecule has 1 atom stereocenters. The quantitative estimate of drug-likeness (QED) is 0.520. The highest BCUT2D eigenvalue weighted by atomic mass is 35.7. The molecule has 0 amide bonds. The maximum Gasteiger partial charge on any atom is 0.173 e. The van der Waals surface area contributed by atoms with Gasteiger partial charge >= 0.3 is 0 Å². The minimum absolute atomic E-state index is 0.257. The summed E-state index contributed by atoms with van der Waals surface area (Å²) in [5, 5.41) is 0. The Morgan fingerprint density at radius 3 is 3.09 bits per heavy atom. The van der Waals surface area contributed by atoms with Gasteiger partial charge in [0.25, 0.3) is 0 Å². The Balaban J connectivity index is 2.19. The predicted octanol–water partition coefficient (Wildman–Crippen LogP) is 2.65. The van der Waals surface area contributed by atoms with Crippen molar-refractivity contribution in [3.05, 3.63) is 0 Å². The first-order valence-electron chi connectivity index (χ1n) is 3.43. The lowest BCUT2D eigenvalue weighted by molar-refractivity contribution is 0.118. The molecule has 0 bridgehead atoms. The molecule has 1 saturated heterocycles. The van der Waals surface area contributed by atoms with Crippen molar-refractivity contribution in [2.75, 3.05) is 13.2 Å². The van der Waals surface area contributed by atoms with Gasteiger partial charge in [0.05, 0.1) is 12.6 Å². The SMILES string of the molecule is ClSC(Cl)=NCC1CCCO1. The summed E-state index contributed by atoms with van der Waals surface area (Å²) in [5.74, 6) is 0. The van der Waals surface area contributed by atoms with Crippen molar-refractivity contribution < 1.29 is 4.74 Å². The van der Waals surface area contributed by atoms with Crippen LogP contribution in [0.1, 0.15) is 12.8 Å². The van der Waals surface area contributed by atoms with Crippen LogP contribution in [0.2, 0.25) is 0 Å². The van der Waals surface area contributed by atoms with Crippen molar-refractivity contribution in [1.82, 2.24) is 0 Å². The average molecular weight is 214 g/mol. The van der Waals surface area contributed by atoms with Gasteiger partial charge in [0.2, 0.25) is 0 Å². The summed E-state index contributed by atoms with van der Waals surface area (Å²) in [6, 6.07) is 0. The number of ether oxygens (including phenoxy) is 1. The Labute approximate surface area is 79.8 Å². The molecule has 1 aliphatic rings. The third-order valence-corrected chi connectivity index (χ3v) is 2.79. The second kappa shape index (κ2) is 5.25. The van der Waals surface area contributed by atoms with Crippen LogP contribution in [-0.4, -0.2) is 23.8 Å². The maximum atomic E-state index is 5.57. The lowest BCUT2D eigenvalue weighted by Gasteiger charge is -2.03. The number of nitrogens with zero attached hydrogens (tertiary/aromatic N) is 1. The Morgan fingerprint density at radius 2 is 2.55 bits per heavy atom. The molecular formula is C6H9Cl2NOS. The van der Waals surface area contributed by atoms with Crippen molar-refractivity contribution in [2.24, 2.45) is 4.99 Å². The summed E-state index contributed by atoms with van der Waals surface area (Å²) in [7, 11) is 6.29. The van der Waals surface area contributed by atoms with Gasteiger partial charge in [-0.05, 0) is 23.5 Å². The van der Waals surface area contributed by atoms with Gasteiger partial charge in [0, 0.05) is 17.6 Å². The molecule has 1 unspecified atom stereocenters. The maximum absolute atomic E-state index is 5.57. The van der Waals surface area contributed by atoms with E-state index in [2.05, 4.69) is 4.99 Å². The summed E-state index contributed by atoms with van der Waals surface area (Å²) in [6.45, 7) is 1.49. The van der Waals surface area contributed by atoms with E-state index < -0.39 is 0 Å². The van der Waals surface area contributed by atoms with Crippen LogP contribution in [0.4, 0.5) is 0 Å². The van der Waals surface area contributed by atoms with Crippen molar-refractivity contribution >= 4 is 37.8 Å². The number of aliphatic imine (C=N–C) groups is 1. The van der Waals surface area contributed by atoms with Gasteiger partial charge in [-0.3, -0.25) is 4.99 Å². The number of rotatable bonds is 2. The topological polar surface area (TPSA) is 21.6 Å². The molecule has 0 aromatic carbocycles. The van der Waals surface area contributed by atoms with Crippen LogP contribution in [0, 0.1) is 0 Å². The van der Waals surface area contributed by atoms with Gasteiger partial charge < -0.3 is 4.74 Å². The number of halogens is 2. The summed E-state index contributed by atoms with van der Waals surface area (Å²) < 4.78 is 5.72. The second-order valence-electron chi connectivity index (χ2n) is 2.31. The molecule has 0 radical (unpaired) electrons. The van der Waals surface area contributed by atoms with Crippen LogP contribution in [0.25, 0.3) is 0 Å². The fourth-order valence-corrected chi connectivity index (χ4v) is 1.33. The Bertz CT molecular complexity index is 148. The Hall–Kier alpha value is 0.560. The van der Waals surface area contributed by atoms with Crippen LogP contribution in [0.3, 0.4) is 0 Å².